The van der Waals surface area contributed by atoms with Crippen molar-refractivity contribution in [3.05, 3.63) is 89.5 Å². The van der Waals surface area contributed by atoms with E-state index < -0.39 is 0 Å². The molecule has 0 aliphatic heterocycles. The first-order chi connectivity index (χ1) is 13.5. The number of para-hydroxylation sites is 1. The minimum atomic E-state index is -0.250. The van der Waals surface area contributed by atoms with E-state index in [4.69, 9.17) is 4.74 Å². The quantitative estimate of drug-likeness (QED) is 0.664. The molecule has 0 spiro atoms. The fourth-order valence-electron chi connectivity index (χ4n) is 2.69. The van der Waals surface area contributed by atoms with Gasteiger partial charge in [0, 0.05) is 16.9 Å². The van der Waals surface area contributed by atoms with Gasteiger partial charge in [0.25, 0.3) is 11.8 Å². The maximum absolute atomic E-state index is 12.3. The van der Waals surface area contributed by atoms with E-state index in [1.54, 1.807) is 30.3 Å². The first-order valence-electron chi connectivity index (χ1n) is 8.97. The predicted octanol–water partition coefficient (Wildman–Crippen LogP) is 4.57. The standard InChI is InChI=1S/C23H22N2O3/c1-16-6-5-8-18(14-16)23(27)25-20-12-10-19(11-13-20)24-22(26)15-28-21-9-4-3-7-17(21)2/h3-14H,15H2,1-2H3,(H,24,26)(H,25,27). The number of aryl methyl sites for hydroxylation is 2. The third-order valence-corrected chi connectivity index (χ3v) is 4.16. The number of carbonyl (C=O) groups is 2. The summed E-state index contributed by atoms with van der Waals surface area (Å²) in [5.74, 6) is 0.263. The minimum Gasteiger partial charge on any atom is -0.483 e. The lowest BCUT2D eigenvalue weighted by Crippen LogP contribution is -2.20. The molecule has 0 unspecified atom stereocenters. The van der Waals surface area contributed by atoms with Gasteiger partial charge >= 0.3 is 0 Å². The van der Waals surface area contributed by atoms with E-state index in [0.29, 0.717) is 22.7 Å². The van der Waals surface area contributed by atoms with Crippen molar-refractivity contribution in [2.45, 2.75) is 13.8 Å². The minimum absolute atomic E-state index is 0.0727. The van der Waals surface area contributed by atoms with Crippen LogP contribution in [0.5, 0.6) is 5.75 Å². The highest BCUT2D eigenvalue weighted by Crippen LogP contribution is 2.17. The van der Waals surface area contributed by atoms with Gasteiger partial charge in [-0.25, -0.2) is 0 Å². The SMILES string of the molecule is Cc1cccc(C(=O)Nc2ccc(NC(=O)COc3ccccc3C)cc2)c1. The second kappa shape index (κ2) is 8.86. The Morgan fingerprint density at radius 1 is 0.821 bits per heavy atom. The van der Waals surface area contributed by atoms with Crippen molar-refractivity contribution in [1.29, 1.82) is 0 Å². The Morgan fingerprint density at radius 2 is 1.50 bits per heavy atom. The Hall–Kier alpha value is -3.60. The first-order valence-corrected chi connectivity index (χ1v) is 8.97. The molecule has 2 amide bonds. The normalized spacial score (nSPS) is 10.2. The summed E-state index contributed by atoms with van der Waals surface area (Å²) in [6, 6.07) is 21.9. The lowest BCUT2D eigenvalue weighted by molar-refractivity contribution is -0.118. The van der Waals surface area contributed by atoms with Crippen LogP contribution in [-0.2, 0) is 4.79 Å². The molecular formula is C23H22N2O3. The molecule has 3 aromatic rings. The van der Waals surface area contributed by atoms with Gasteiger partial charge in [-0.05, 0) is 61.9 Å². The molecule has 142 valence electrons. The molecule has 5 nitrogen and oxygen atoms in total. The molecule has 0 saturated heterocycles. The van der Waals surface area contributed by atoms with Gasteiger partial charge in [0.05, 0.1) is 0 Å². The molecule has 0 radical (unpaired) electrons. The van der Waals surface area contributed by atoms with Gasteiger partial charge in [0.1, 0.15) is 5.75 Å². The maximum Gasteiger partial charge on any atom is 0.262 e. The van der Waals surface area contributed by atoms with E-state index in [2.05, 4.69) is 10.6 Å². The summed E-state index contributed by atoms with van der Waals surface area (Å²) < 4.78 is 5.54. The number of rotatable bonds is 6. The summed E-state index contributed by atoms with van der Waals surface area (Å²) in [7, 11) is 0. The highest BCUT2D eigenvalue weighted by molar-refractivity contribution is 6.04. The van der Waals surface area contributed by atoms with Crippen LogP contribution >= 0.6 is 0 Å². The molecule has 2 N–H and O–H groups in total. The maximum atomic E-state index is 12.3. The number of hydrogen-bond acceptors (Lipinski definition) is 3. The van der Waals surface area contributed by atoms with Gasteiger partial charge in [0.15, 0.2) is 6.61 Å². The summed E-state index contributed by atoms with van der Waals surface area (Å²) in [4.78, 5) is 24.3. The Bertz CT molecular complexity index is 981. The first kappa shape index (κ1) is 19.2. The van der Waals surface area contributed by atoms with E-state index in [0.717, 1.165) is 11.1 Å². The molecule has 3 aromatic carbocycles. The third-order valence-electron chi connectivity index (χ3n) is 4.16. The predicted molar refractivity (Wildman–Crippen MR) is 111 cm³/mol. The van der Waals surface area contributed by atoms with Gasteiger partial charge < -0.3 is 15.4 Å². The van der Waals surface area contributed by atoms with E-state index >= 15 is 0 Å². The van der Waals surface area contributed by atoms with Gasteiger partial charge in [0.2, 0.25) is 0 Å². The highest BCUT2D eigenvalue weighted by Gasteiger charge is 2.08. The molecule has 3 rings (SSSR count). The number of nitrogens with one attached hydrogen (secondary N) is 2. The fourth-order valence-corrected chi connectivity index (χ4v) is 2.69. The van der Waals surface area contributed by atoms with Gasteiger partial charge in [-0.15, -0.1) is 0 Å². The van der Waals surface area contributed by atoms with Crippen LogP contribution in [0.2, 0.25) is 0 Å². The largest absolute Gasteiger partial charge is 0.483 e. The summed E-state index contributed by atoms with van der Waals surface area (Å²) in [6.45, 7) is 3.80. The van der Waals surface area contributed by atoms with E-state index in [-0.39, 0.29) is 18.4 Å². The molecule has 0 atom stereocenters. The van der Waals surface area contributed by atoms with E-state index in [9.17, 15) is 9.59 Å². The topological polar surface area (TPSA) is 67.4 Å². The number of ether oxygens (including phenoxy) is 1. The number of amides is 2. The van der Waals surface area contributed by atoms with Crippen molar-refractivity contribution in [2.75, 3.05) is 17.2 Å². The van der Waals surface area contributed by atoms with Crippen LogP contribution in [0, 0.1) is 13.8 Å². The molecule has 0 aromatic heterocycles. The molecule has 0 saturated carbocycles. The monoisotopic (exact) mass is 374 g/mol. The number of anilines is 2. The van der Waals surface area contributed by atoms with Crippen LogP contribution in [0.15, 0.2) is 72.8 Å². The Kier molecular flexibility index (Phi) is 6.07. The van der Waals surface area contributed by atoms with Crippen molar-refractivity contribution in [3.63, 3.8) is 0 Å². The van der Waals surface area contributed by atoms with Crippen LogP contribution in [0.3, 0.4) is 0 Å². The van der Waals surface area contributed by atoms with Crippen LogP contribution in [0.1, 0.15) is 21.5 Å². The zero-order valence-corrected chi connectivity index (χ0v) is 15.9. The molecule has 0 aliphatic rings. The van der Waals surface area contributed by atoms with Crippen LogP contribution in [0.25, 0.3) is 0 Å². The molecule has 28 heavy (non-hydrogen) atoms. The smallest absolute Gasteiger partial charge is 0.262 e. The lowest BCUT2D eigenvalue weighted by Gasteiger charge is -2.10. The fraction of sp³-hybridized carbons (Fsp3) is 0.130. The van der Waals surface area contributed by atoms with Gasteiger partial charge in [-0.3, -0.25) is 9.59 Å². The van der Waals surface area contributed by atoms with Crippen molar-refractivity contribution in [1.82, 2.24) is 0 Å². The second-order valence-corrected chi connectivity index (χ2v) is 6.50. The Morgan fingerprint density at radius 3 is 2.18 bits per heavy atom. The zero-order valence-electron chi connectivity index (χ0n) is 15.9. The van der Waals surface area contributed by atoms with Crippen molar-refractivity contribution in [2.24, 2.45) is 0 Å². The van der Waals surface area contributed by atoms with Crippen LogP contribution in [-0.4, -0.2) is 18.4 Å². The molecule has 0 heterocycles. The van der Waals surface area contributed by atoms with Crippen LogP contribution in [0.4, 0.5) is 11.4 Å². The molecule has 5 heteroatoms. The van der Waals surface area contributed by atoms with Crippen molar-refractivity contribution in [3.8, 4) is 5.75 Å². The van der Waals surface area contributed by atoms with Crippen molar-refractivity contribution >= 4 is 23.2 Å². The molecule has 0 aliphatic carbocycles. The number of carbonyl (C=O) groups excluding carboxylic acids is 2. The van der Waals surface area contributed by atoms with Gasteiger partial charge in [-0.1, -0.05) is 35.9 Å². The van der Waals surface area contributed by atoms with Crippen molar-refractivity contribution < 1.29 is 14.3 Å². The van der Waals surface area contributed by atoms with E-state index in [1.165, 1.54) is 0 Å². The third kappa shape index (κ3) is 5.20. The van der Waals surface area contributed by atoms with Crippen LogP contribution < -0.4 is 15.4 Å². The second-order valence-electron chi connectivity index (χ2n) is 6.50. The lowest BCUT2D eigenvalue weighted by atomic mass is 10.1. The Labute approximate surface area is 164 Å². The van der Waals surface area contributed by atoms with Gasteiger partial charge in [-0.2, -0.15) is 0 Å². The average molecular weight is 374 g/mol. The summed E-state index contributed by atoms with van der Waals surface area (Å²) >= 11 is 0. The summed E-state index contributed by atoms with van der Waals surface area (Å²) in [5.41, 5.74) is 3.89. The van der Waals surface area contributed by atoms with E-state index in [1.807, 2.05) is 56.3 Å². The summed E-state index contributed by atoms with van der Waals surface area (Å²) in [5, 5.41) is 5.62. The Balaban J connectivity index is 1.53. The molecule has 0 bridgehead atoms. The zero-order chi connectivity index (χ0) is 19.9. The number of benzene rings is 3. The molecular weight excluding hydrogens is 352 g/mol. The highest BCUT2D eigenvalue weighted by atomic mass is 16.5. The summed E-state index contributed by atoms with van der Waals surface area (Å²) in [6.07, 6.45) is 0. The molecule has 0 fully saturated rings. The number of hydrogen-bond donors (Lipinski definition) is 2. The average Bonchev–Trinajstić information content (AvgIpc) is 2.69.